The third-order valence-corrected chi connectivity index (χ3v) is 5.19. The van der Waals surface area contributed by atoms with Gasteiger partial charge >= 0.3 is 5.97 Å². The summed E-state index contributed by atoms with van der Waals surface area (Å²) >= 11 is 3.49. The predicted molar refractivity (Wildman–Crippen MR) is 127 cm³/mol. The average molecular weight is 499 g/mol. The number of methoxy groups -OCH3 is 1. The molecule has 3 aromatic rings. The molecule has 3 N–H and O–H groups in total. The fraction of sp³-hybridized carbons (Fsp3) is 0.167. The third-order valence-electron chi connectivity index (χ3n) is 4.60. The number of ether oxygens (including phenoxy) is 2. The quantitative estimate of drug-likeness (QED) is 0.380. The van der Waals surface area contributed by atoms with Crippen LogP contribution in [0.4, 0.5) is 11.4 Å². The number of carboxylic acids is 1. The molecule has 8 heteroatoms. The van der Waals surface area contributed by atoms with E-state index in [4.69, 9.17) is 14.6 Å². The van der Waals surface area contributed by atoms with Gasteiger partial charge in [0.25, 0.3) is 5.91 Å². The molecule has 1 amide bonds. The van der Waals surface area contributed by atoms with Crippen LogP contribution in [0.5, 0.6) is 11.5 Å². The van der Waals surface area contributed by atoms with E-state index in [0.717, 1.165) is 16.8 Å². The molecule has 32 heavy (non-hydrogen) atoms. The van der Waals surface area contributed by atoms with Crippen LogP contribution in [-0.4, -0.2) is 30.7 Å². The standard InChI is InChI=1S/C24H23BrN2O5/c1-15-3-7-19(8-4-15)27-22(28)14-32-23-20(25)11-16(12-21(23)31-2)13-26-18-9-5-17(6-10-18)24(29)30/h3-12,26H,13-14H2,1-2H3,(H,27,28)(H,29,30). The number of hydrogen-bond acceptors (Lipinski definition) is 5. The molecule has 0 aromatic heterocycles. The number of aryl methyl sites for hydroxylation is 1. The van der Waals surface area contributed by atoms with Crippen molar-refractivity contribution in [3.05, 3.63) is 81.8 Å². The molecule has 0 saturated carbocycles. The Bertz CT molecular complexity index is 1100. The zero-order valence-corrected chi connectivity index (χ0v) is 19.2. The van der Waals surface area contributed by atoms with Gasteiger partial charge in [-0.25, -0.2) is 4.79 Å². The maximum absolute atomic E-state index is 12.2. The van der Waals surface area contributed by atoms with E-state index in [1.54, 1.807) is 24.3 Å². The van der Waals surface area contributed by atoms with Crippen molar-refractivity contribution in [2.24, 2.45) is 0 Å². The summed E-state index contributed by atoms with van der Waals surface area (Å²) in [5, 5.41) is 15.0. The molecule has 0 unspecified atom stereocenters. The van der Waals surface area contributed by atoms with Crippen LogP contribution in [-0.2, 0) is 11.3 Å². The predicted octanol–water partition coefficient (Wildman–Crippen LogP) is 5.09. The summed E-state index contributed by atoms with van der Waals surface area (Å²) in [6.45, 7) is 2.29. The molecule has 0 spiro atoms. The van der Waals surface area contributed by atoms with Gasteiger partial charge in [-0.15, -0.1) is 0 Å². The van der Waals surface area contributed by atoms with Gasteiger partial charge in [-0.2, -0.15) is 0 Å². The third kappa shape index (κ3) is 6.24. The molecule has 0 aliphatic rings. The van der Waals surface area contributed by atoms with Crippen molar-refractivity contribution in [3.8, 4) is 11.5 Å². The Morgan fingerprint density at radius 3 is 2.28 bits per heavy atom. The lowest BCUT2D eigenvalue weighted by Gasteiger charge is -2.15. The lowest BCUT2D eigenvalue weighted by molar-refractivity contribution is -0.118. The molecule has 0 bridgehead atoms. The Kier molecular flexibility index (Phi) is 7.72. The van der Waals surface area contributed by atoms with E-state index in [9.17, 15) is 9.59 Å². The summed E-state index contributed by atoms with van der Waals surface area (Å²) in [5.41, 5.74) is 3.74. The van der Waals surface area contributed by atoms with Crippen molar-refractivity contribution in [1.82, 2.24) is 0 Å². The van der Waals surface area contributed by atoms with Crippen molar-refractivity contribution < 1.29 is 24.2 Å². The van der Waals surface area contributed by atoms with Crippen molar-refractivity contribution in [2.75, 3.05) is 24.4 Å². The molecule has 0 saturated heterocycles. The van der Waals surface area contributed by atoms with Gasteiger partial charge in [-0.3, -0.25) is 4.79 Å². The number of rotatable bonds is 9. The van der Waals surface area contributed by atoms with Crippen molar-refractivity contribution in [1.29, 1.82) is 0 Å². The highest BCUT2D eigenvalue weighted by molar-refractivity contribution is 9.10. The highest BCUT2D eigenvalue weighted by Gasteiger charge is 2.14. The molecular formula is C24H23BrN2O5. The first-order valence-corrected chi connectivity index (χ1v) is 10.6. The first-order chi connectivity index (χ1) is 15.4. The van der Waals surface area contributed by atoms with Crippen LogP contribution in [0.3, 0.4) is 0 Å². The van der Waals surface area contributed by atoms with Gasteiger partial charge in [0.15, 0.2) is 18.1 Å². The van der Waals surface area contributed by atoms with Crippen molar-refractivity contribution >= 4 is 39.2 Å². The van der Waals surface area contributed by atoms with Crippen LogP contribution in [0.1, 0.15) is 21.5 Å². The van der Waals surface area contributed by atoms with Gasteiger partial charge in [0.2, 0.25) is 0 Å². The number of hydrogen-bond donors (Lipinski definition) is 3. The second kappa shape index (κ2) is 10.7. The number of aromatic carboxylic acids is 1. The molecule has 0 aliphatic heterocycles. The highest BCUT2D eigenvalue weighted by Crippen LogP contribution is 2.37. The summed E-state index contributed by atoms with van der Waals surface area (Å²) in [4.78, 5) is 23.2. The van der Waals surface area contributed by atoms with Crippen molar-refractivity contribution in [2.45, 2.75) is 13.5 Å². The Labute approximate surface area is 194 Å². The number of carboxylic acid groups (broad SMARTS) is 1. The van der Waals surface area contributed by atoms with E-state index in [0.29, 0.717) is 28.2 Å². The molecular weight excluding hydrogens is 476 g/mol. The Morgan fingerprint density at radius 1 is 1.00 bits per heavy atom. The molecule has 166 valence electrons. The molecule has 3 aromatic carbocycles. The molecule has 0 fully saturated rings. The number of amides is 1. The number of carbonyl (C=O) groups is 2. The Hall–Kier alpha value is -3.52. The SMILES string of the molecule is COc1cc(CNc2ccc(C(=O)O)cc2)cc(Br)c1OCC(=O)Nc1ccc(C)cc1. The second-order valence-corrected chi connectivity index (χ2v) is 7.90. The van der Waals surface area contributed by atoms with Gasteiger partial charge in [0, 0.05) is 17.9 Å². The lowest BCUT2D eigenvalue weighted by atomic mass is 10.1. The summed E-state index contributed by atoms with van der Waals surface area (Å²) in [6, 6.07) is 17.7. The molecule has 7 nitrogen and oxygen atoms in total. The topological polar surface area (TPSA) is 96.9 Å². The number of carbonyl (C=O) groups excluding carboxylic acids is 1. The van der Waals surface area contributed by atoms with E-state index < -0.39 is 5.97 Å². The maximum atomic E-state index is 12.2. The van der Waals surface area contributed by atoms with E-state index in [1.165, 1.54) is 7.11 Å². The fourth-order valence-corrected chi connectivity index (χ4v) is 3.53. The fourth-order valence-electron chi connectivity index (χ4n) is 2.92. The number of halogens is 1. The summed E-state index contributed by atoms with van der Waals surface area (Å²) in [7, 11) is 1.53. The molecule has 0 radical (unpaired) electrons. The minimum absolute atomic E-state index is 0.170. The highest BCUT2D eigenvalue weighted by atomic mass is 79.9. The van der Waals surface area contributed by atoms with Gasteiger partial charge in [0.1, 0.15) is 0 Å². The number of benzene rings is 3. The van der Waals surface area contributed by atoms with Crippen LogP contribution >= 0.6 is 15.9 Å². The number of nitrogens with one attached hydrogen (secondary N) is 2. The lowest BCUT2D eigenvalue weighted by Crippen LogP contribution is -2.20. The number of anilines is 2. The Morgan fingerprint density at radius 2 is 1.66 bits per heavy atom. The van der Waals surface area contributed by atoms with Gasteiger partial charge < -0.3 is 25.2 Å². The minimum Gasteiger partial charge on any atom is -0.493 e. The van der Waals surface area contributed by atoms with Crippen LogP contribution in [0.2, 0.25) is 0 Å². The average Bonchev–Trinajstić information content (AvgIpc) is 2.78. The van der Waals surface area contributed by atoms with Crippen LogP contribution in [0.25, 0.3) is 0 Å². The zero-order chi connectivity index (χ0) is 23.1. The van der Waals surface area contributed by atoms with Gasteiger partial charge in [-0.1, -0.05) is 17.7 Å². The largest absolute Gasteiger partial charge is 0.493 e. The summed E-state index contributed by atoms with van der Waals surface area (Å²) < 4.78 is 11.8. The minimum atomic E-state index is -0.964. The molecule has 0 aliphatic carbocycles. The van der Waals surface area contributed by atoms with E-state index in [1.807, 2.05) is 43.3 Å². The summed E-state index contributed by atoms with van der Waals surface area (Å²) in [5.74, 6) is -0.326. The second-order valence-electron chi connectivity index (χ2n) is 7.05. The van der Waals surface area contributed by atoms with E-state index in [-0.39, 0.29) is 18.1 Å². The molecule has 3 rings (SSSR count). The Balaban J connectivity index is 1.61. The molecule has 0 atom stereocenters. The van der Waals surface area contributed by atoms with Gasteiger partial charge in [-0.05, 0) is 76.9 Å². The molecule has 0 heterocycles. The first-order valence-electron chi connectivity index (χ1n) is 9.78. The van der Waals surface area contributed by atoms with Crippen LogP contribution in [0.15, 0.2) is 65.1 Å². The normalized spacial score (nSPS) is 10.3. The van der Waals surface area contributed by atoms with Crippen LogP contribution < -0.4 is 20.1 Å². The van der Waals surface area contributed by atoms with Crippen molar-refractivity contribution in [3.63, 3.8) is 0 Å². The van der Waals surface area contributed by atoms with E-state index >= 15 is 0 Å². The summed E-state index contributed by atoms with van der Waals surface area (Å²) in [6.07, 6.45) is 0. The smallest absolute Gasteiger partial charge is 0.335 e. The zero-order valence-electron chi connectivity index (χ0n) is 17.6. The van der Waals surface area contributed by atoms with Gasteiger partial charge in [0.05, 0.1) is 17.1 Å². The van der Waals surface area contributed by atoms with Crippen LogP contribution in [0, 0.1) is 6.92 Å². The van der Waals surface area contributed by atoms with E-state index in [2.05, 4.69) is 26.6 Å². The maximum Gasteiger partial charge on any atom is 0.335 e. The monoisotopic (exact) mass is 498 g/mol. The first kappa shape index (κ1) is 23.1.